The maximum absolute atomic E-state index is 11.0. The van der Waals surface area contributed by atoms with Gasteiger partial charge in [-0.05, 0) is 39.9 Å². The maximum atomic E-state index is 11.0. The van der Waals surface area contributed by atoms with Crippen molar-refractivity contribution in [2.45, 2.75) is 5.92 Å². The van der Waals surface area contributed by atoms with E-state index in [1.807, 2.05) is 12.1 Å². The lowest BCUT2D eigenvalue weighted by Gasteiger charge is -2.15. The van der Waals surface area contributed by atoms with E-state index in [1.54, 1.807) is 0 Å². The second-order valence-corrected chi connectivity index (χ2v) is 6.40. The van der Waals surface area contributed by atoms with E-state index in [2.05, 4.69) is 67.2 Å². The Balaban J connectivity index is 1.53. The molecule has 0 fully saturated rings. The third-order valence-electron chi connectivity index (χ3n) is 4.81. The fourth-order valence-corrected chi connectivity index (χ4v) is 3.63. The summed E-state index contributed by atoms with van der Waals surface area (Å²) in [7, 11) is 0. The summed E-state index contributed by atoms with van der Waals surface area (Å²) in [6.07, 6.45) is 1.14. The number of fused-ring (bicyclic) bond motifs is 3. The van der Waals surface area contributed by atoms with Crippen LogP contribution in [0.4, 0.5) is 0 Å². The van der Waals surface area contributed by atoms with E-state index in [0.717, 1.165) is 11.8 Å². The largest absolute Gasteiger partial charge is 0.490 e. The minimum absolute atomic E-state index is 0.204. The molecule has 0 heterocycles. The first kappa shape index (κ1) is 17.1. The average molecular weight is 356 g/mol. The van der Waals surface area contributed by atoms with Gasteiger partial charge in [0.2, 0.25) is 0 Å². The van der Waals surface area contributed by atoms with Gasteiger partial charge in [-0.1, -0.05) is 67.2 Å². The summed E-state index contributed by atoms with van der Waals surface area (Å²) < 4.78 is 10.6. The molecule has 0 spiro atoms. The van der Waals surface area contributed by atoms with Crippen molar-refractivity contribution < 1.29 is 14.3 Å². The summed E-state index contributed by atoms with van der Waals surface area (Å²) in [6, 6.07) is 25.3. The van der Waals surface area contributed by atoms with Crippen molar-refractivity contribution in [1.82, 2.24) is 0 Å². The first-order valence-electron chi connectivity index (χ1n) is 8.98. The van der Waals surface area contributed by atoms with Crippen LogP contribution in [0.3, 0.4) is 0 Å². The van der Waals surface area contributed by atoms with Crippen molar-refractivity contribution in [3.8, 4) is 16.9 Å². The van der Waals surface area contributed by atoms with Crippen LogP contribution in [0.25, 0.3) is 11.1 Å². The van der Waals surface area contributed by atoms with E-state index >= 15 is 0 Å². The van der Waals surface area contributed by atoms with Crippen LogP contribution in [0.2, 0.25) is 0 Å². The lowest BCUT2D eigenvalue weighted by Crippen LogP contribution is -2.10. The second kappa shape index (κ2) is 7.50. The van der Waals surface area contributed by atoms with E-state index in [4.69, 9.17) is 9.47 Å². The van der Waals surface area contributed by atoms with Crippen LogP contribution in [0.15, 0.2) is 85.5 Å². The zero-order valence-electron chi connectivity index (χ0n) is 14.9. The molecule has 3 aromatic rings. The summed E-state index contributed by atoms with van der Waals surface area (Å²) in [5.41, 5.74) is 6.52. The van der Waals surface area contributed by atoms with Crippen molar-refractivity contribution in [2.24, 2.45) is 0 Å². The van der Waals surface area contributed by atoms with Crippen molar-refractivity contribution in [3.63, 3.8) is 0 Å². The molecule has 134 valence electrons. The maximum Gasteiger partial charge on any atom is 0.330 e. The molecule has 0 aliphatic heterocycles. The summed E-state index contributed by atoms with van der Waals surface area (Å²) >= 11 is 0. The van der Waals surface area contributed by atoms with Crippen molar-refractivity contribution in [2.75, 3.05) is 13.2 Å². The molecular formula is C24H20O3. The number of rotatable bonds is 6. The highest BCUT2D eigenvalue weighted by Crippen LogP contribution is 2.47. The first-order valence-corrected chi connectivity index (χ1v) is 8.98. The minimum atomic E-state index is -0.437. The Hall–Kier alpha value is -3.33. The smallest absolute Gasteiger partial charge is 0.330 e. The molecule has 0 atom stereocenters. The van der Waals surface area contributed by atoms with Crippen LogP contribution in [-0.2, 0) is 9.53 Å². The van der Waals surface area contributed by atoms with Crippen LogP contribution in [0.5, 0.6) is 5.75 Å². The number of hydrogen-bond acceptors (Lipinski definition) is 3. The number of carbonyl (C=O) groups excluding carboxylic acids is 1. The predicted molar refractivity (Wildman–Crippen MR) is 106 cm³/mol. The molecule has 3 heteroatoms. The molecule has 3 nitrogen and oxygen atoms in total. The molecule has 4 rings (SSSR count). The first-order chi connectivity index (χ1) is 13.3. The van der Waals surface area contributed by atoms with Crippen LogP contribution in [0.1, 0.15) is 22.6 Å². The molecule has 0 saturated carbocycles. The molecular weight excluding hydrogens is 336 g/mol. The van der Waals surface area contributed by atoms with E-state index < -0.39 is 5.97 Å². The fraction of sp³-hybridized carbons (Fsp3) is 0.125. The van der Waals surface area contributed by atoms with Crippen LogP contribution < -0.4 is 4.74 Å². The highest BCUT2D eigenvalue weighted by Gasteiger charge is 2.28. The number of hydrogen-bond donors (Lipinski definition) is 0. The van der Waals surface area contributed by atoms with Gasteiger partial charge in [-0.15, -0.1) is 0 Å². The molecule has 1 aliphatic rings. The number of carbonyl (C=O) groups is 1. The normalized spacial score (nSPS) is 12.1. The van der Waals surface area contributed by atoms with Crippen LogP contribution in [0, 0.1) is 0 Å². The third-order valence-corrected chi connectivity index (χ3v) is 4.81. The quantitative estimate of drug-likeness (QED) is 0.278. The average Bonchev–Trinajstić information content (AvgIpc) is 3.06. The Labute approximate surface area is 158 Å². The zero-order chi connectivity index (χ0) is 18.6. The van der Waals surface area contributed by atoms with Gasteiger partial charge in [0.05, 0.1) is 0 Å². The van der Waals surface area contributed by atoms with Gasteiger partial charge in [-0.3, -0.25) is 0 Å². The molecule has 0 radical (unpaired) electrons. The lowest BCUT2D eigenvalue weighted by molar-refractivity contribution is -0.138. The Bertz CT molecular complexity index is 927. The van der Waals surface area contributed by atoms with E-state index in [9.17, 15) is 4.79 Å². The summed E-state index contributed by atoms with van der Waals surface area (Å²) in [6.45, 7) is 3.88. The highest BCUT2D eigenvalue weighted by molar-refractivity contribution is 5.81. The third kappa shape index (κ3) is 3.36. The van der Waals surface area contributed by atoms with Gasteiger partial charge in [-0.2, -0.15) is 0 Å². The summed E-state index contributed by atoms with van der Waals surface area (Å²) in [5.74, 6) is 0.556. The summed E-state index contributed by atoms with van der Waals surface area (Å²) in [4.78, 5) is 11.0. The molecule has 0 unspecified atom stereocenters. The SMILES string of the molecule is C=CC(=O)OCCOc1ccc(C2c3ccccc3-c3ccccc32)cc1. The monoisotopic (exact) mass is 356 g/mol. The van der Waals surface area contributed by atoms with Crippen molar-refractivity contribution in [3.05, 3.63) is 102 Å². The second-order valence-electron chi connectivity index (χ2n) is 6.40. The molecule has 1 aliphatic carbocycles. The van der Waals surface area contributed by atoms with Gasteiger partial charge in [0.15, 0.2) is 0 Å². The zero-order valence-corrected chi connectivity index (χ0v) is 14.9. The molecule has 27 heavy (non-hydrogen) atoms. The molecule has 0 N–H and O–H groups in total. The highest BCUT2D eigenvalue weighted by atomic mass is 16.6. The minimum Gasteiger partial charge on any atom is -0.490 e. The standard InChI is InChI=1S/C24H20O3/c1-2-23(25)27-16-15-26-18-13-11-17(12-14-18)24-21-9-5-3-7-19(21)20-8-4-6-10-22(20)24/h2-14,24H,1,15-16H2. The number of benzene rings is 3. The van der Waals surface area contributed by atoms with E-state index in [-0.39, 0.29) is 12.5 Å². The van der Waals surface area contributed by atoms with Crippen molar-refractivity contribution in [1.29, 1.82) is 0 Å². The number of ether oxygens (including phenoxy) is 2. The Morgan fingerprint density at radius 2 is 1.44 bits per heavy atom. The molecule has 3 aromatic carbocycles. The van der Waals surface area contributed by atoms with Gasteiger partial charge >= 0.3 is 5.97 Å². The van der Waals surface area contributed by atoms with Crippen molar-refractivity contribution >= 4 is 5.97 Å². The molecule has 0 amide bonds. The molecule has 0 saturated heterocycles. The van der Waals surface area contributed by atoms with Gasteiger partial charge in [-0.25, -0.2) is 4.79 Å². The van der Waals surface area contributed by atoms with E-state index in [0.29, 0.717) is 6.61 Å². The Kier molecular flexibility index (Phi) is 4.75. The van der Waals surface area contributed by atoms with Gasteiger partial charge in [0.25, 0.3) is 0 Å². The Morgan fingerprint density at radius 1 is 0.852 bits per heavy atom. The Morgan fingerprint density at radius 3 is 2.04 bits per heavy atom. The van der Waals surface area contributed by atoms with Gasteiger partial charge < -0.3 is 9.47 Å². The van der Waals surface area contributed by atoms with E-state index in [1.165, 1.54) is 27.8 Å². The molecule has 0 bridgehead atoms. The fourth-order valence-electron chi connectivity index (χ4n) is 3.63. The predicted octanol–water partition coefficient (Wildman–Crippen LogP) is 4.96. The van der Waals surface area contributed by atoms with Gasteiger partial charge in [0.1, 0.15) is 19.0 Å². The van der Waals surface area contributed by atoms with Crippen LogP contribution >= 0.6 is 0 Å². The topological polar surface area (TPSA) is 35.5 Å². The molecule has 0 aromatic heterocycles. The summed E-state index contributed by atoms with van der Waals surface area (Å²) in [5, 5.41) is 0. The lowest BCUT2D eigenvalue weighted by atomic mass is 9.89. The number of esters is 1. The van der Waals surface area contributed by atoms with Gasteiger partial charge in [0, 0.05) is 12.0 Å². The van der Waals surface area contributed by atoms with Crippen LogP contribution in [-0.4, -0.2) is 19.2 Å².